The highest BCUT2D eigenvalue weighted by Crippen LogP contribution is 2.35. The first kappa shape index (κ1) is 19.3. The number of likely N-dealkylation sites (tertiary alicyclic amines) is 1. The number of morpholine rings is 1. The van der Waals surface area contributed by atoms with Crippen LogP contribution in [0.4, 0.5) is 0 Å². The maximum Gasteiger partial charge on any atom is 0.193 e. The van der Waals surface area contributed by atoms with Gasteiger partial charge in [-0.25, -0.2) is 0 Å². The van der Waals surface area contributed by atoms with Crippen molar-refractivity contribution < 1.29 is 4.74 Å². The number of ether oxygens (including phenoxy) is 1. The highest BCUT2D eigenvalue weighted by Gasteiger charge is 2.41. The summed E-state index contributed by atoms with van der Waals surface area (Å²) >= 11 is 2.09. The van der Waals surface area contributed by atoms with Gasteiger partial charge >= 0.3 is 0 Å². The van der Waals surface area contributed by atoms with Crippen molar-refractivity contribution in [3.8, 4) is 0 Å². The van der Waals surface area contributed by atoms with Gasteiger partial charge in [0.05, 0.1) is 25.3 Å². The Balaban J connectivity index is 1.71. The van der Waals surface area contributed by atoms with Crippen molar-refractivity contribution in [1.29, 1.82) is 0 Å². The molecule has 3 saturated heterocycles. The van der Waals surface area contributed by atoms with Gasteiger partial charge in [-0.3, -0.25) is 9.89 Å². The summed E-state index contributed by atoms with van der Waals surface area (Å²) in [5, 5.41) is 3.56. The molecule has 5 nitrogen and oxygen atoms in total. The zero-order chi connectivity index (χ0) is 17.8. The van der Waals surface area contributed by atoms with Crippen LogP contribution >= 0.6 is 11.8 Å². The number of nitrogens with zero attached hydrogens (tertiary/aromatic N) is 3. The molecule has 0 radical (unpaired) electrons. The zero-order valence-electron chi connectivity index (χ0n) is 16.4. The summed E-state index contributed by atoms with van der Waals surface area (Å²) in [4.78, 5) is 10.3. The van der Waals surface area contributed by atoms with Crippen LogP contribution in [-0.4, -0.2) is 85.3 Å². The highest BCUT2D eigenvalue weighted by atomic mass is 32.2. The molecule has 0 aromatic rings. The van der Waals surface area contributed by atoms with E-state index in [0.717, 1.165) is 58.4 Å². The molecule has 2 unspecified atom stereocenters. The Morgan fingerprint density at radius 2 is 2.00 bits per heavy atom. The summed E-state index contributed by atoms with van der Waals surface area (Å²) in [6.45, 7) is 14.9. The van der Waals surface area contributed by atoms with Crippen molar-refractivity contribution in [1.82, 2.24) is 15.1 Å². The average molecular weight is 369 g/mol. The Labute approximate surface area is 157 Å². The molecule has 144 valence electrons. The van der Waals surface area contributed by atoms with Crippen LogP contribution in [-0.2, 0) is 4.74 Å². The van der Waals surface area contributed by atoms with Crippen LogP contribution in [0.1, 0.15) is 40.0 Å². The van der Waals surface area contributed by atoms with Crippen molar-refractivity contribution in [3.63, 3.8) is 0 Å². The van der Waals surface area contributed by atoms with Crippen molar-refractivity contribution in [2.45, 2.75) is 45.6 Å². The van der Waals surface area contributed by atoms with E-state index in [0.29, 0.717) is 5.41 Å². The molecule has 25 heavy (non-hydrogen) atoms. The molecule has 0 aromatic carbocycles. The SMILES string of the molecule is CCNC(=NCC1(N2CCOCC2)CCSC1)N1CCC(C)(CC)C1. The first-order valence-electron chi connectivity index (χ1n) is 10.0. The lowest BCUT2D eigenvalue weighted by Crippen LogP contribution is -2.56. The minimum absolute atomic E-state index is 0.239. The third-order valence-corrected chi connectivity index (χ3v) is 7.57. The van der Waals surface area contributed by atoms with Crippen LogP contribution in [0, 0.1) is 5.41 Å². The molecule has 6 heteroatoms. The third-order valence-electron chi connectivity index (χ3n) is 6.33. The van der Waals surface area contributed by atoms with Crippen LogP contribution in [0.25, 0.3) is 0 Å². The van der Waals surface area contributed by atoms with Gasteiger partial charge in [-0.1, -0.05) is 13.8 Å². The number of nitrogens with one attached hydrogen (secondary N) is 1. The molecule has 0 bridgehead atoms. The fraction of sp³-hybridized carbons (Fsp3) is 0.947. The van der Waals surface area contributed by atoms with E-state index in [1.165, 1.54) is 30.8 Å². The Morgan fingerprint density at radius 3 is 2.60 bits per heavy atom. The standard InChI is InChI=1S/C19H36N4OS/c1-4-18(3)6-8-22(15-18)17(20-5-2)21-14-19(7-13-25-16-19)23-9-11-24-12-10-23/h4-16H2,1-3H3,(H,20,21). The van der Waals surface area contributed by atoms with E-state index in [4.69, 9.17) is 9.73 Å². The average Bonchev–Trinajstić information content (AvgIpc) is 3.28. The van der Waals surface area contributed by atoms with Crippen molar-refractivity contribution in [2.75, 3.05) is 64.0 Å². The van der Waals surface area contributed by atoms with Gasteiger partial charge in [0.25, 0.3) is 0 Å². The van der Waals surface area contributed by atoms with Gasteiger partial charge in [0.15, 0.2) is 5.96 Å². The molecule has 3 heterocycles. The molecule has 1 N–H and O–H groups in total. The number of hydrogen-bond acceptors (Lipinski definition) is 4. The van der Waals surface area contributed by atoms with Crippen molar-refractivity contribution in [3.05, 3.63) is 0 Å². The van der Waals surface area contributed by atoms with Crippen LogP contribution < -0.4 is 5.32 Å². The number of hydrogen-bond donors (Lipinski definition) is 1. The first-order chi connectivity index (χ1) is 12.1. The van der Waals surface area contributed by atoms with Gasteiger partial charge in [0.2, 0.25) is 0 Å². The molecule has 0 spiro atoms. The maximum absolute atomic E-state index is 5.58. The summed E-state index contributed by atoms with van der Waals surface area (Å²) in [5.74, 6) is 3.60. The van der Waals surface area contributed by atoms with E-state index in [1.54, 1.807) is 0 Å². The van der Waals surface area contributed by atoms with Crippen LogP contribution in [0.5, 0.6) is 0 Å². The molecule has 0 aliphatic carbocycles. The van der Waals surface area contributed by atoms with E-state index < -0.39 is 0 Å². The fourth-order valence-electron chi connectivity index (χ4n) is 4.25. The molecule has 3 aliphatic heterocycles. The molecule has 3 fully saturated rings. The summed E-state index contributed by atoms with van der Waals surface area (Å²) in [6, 6.07) is 0. The minimum Gasteiger partial charge on any atom is -0.379 e. The van der Waals surface area contributed by atoms with Crippen LogP contribution in [0.15, 0.2) is 4.99 Å². The maximum atomic E-state index is 5.58. The number of thioether (sulfide) groups is 1. The molecular weight excluding hydrogens is 332 g/mol. The topological polar surface area (TPSA) is 40.1 Å². The van der Waals surface area contributed by atoms with E-state index in [1.807, 2.05) is 0 Å². The normalized spacial score (nSPS) is 34.7. The second kappa shape index (κ2) is 8.49. The largest absolute Gasteiger partial charge is 0.379 e. The summed E-state index contributed by atoms with van der Waals surface area (Å²) < 4.78 is 5.58. The van der Waals surface area contributed by atoms with E-state index in [-0.39, 0.29) is 5.54 Å². The number of aliphatic imine (C=N–C) groups is 1. The number of rotatable bonds is 5. The summed E-state index contributed by atoms with van der Waals surface area (Å²) in [6.07, 6.45) is 3.78. The first-order valence-corrected chi connectivity index (χ1v) is 11.2. The Morgan fingerprint density at radius 1 is 1.20 bits per heavy atom. The molecule has 3 rings (SSSR count). The quantitative estimate of drug-likeness (QED) is 0.595. The number of guanidine groups is 1. The molecular formula is C19H36N4OS. The fourth-order valence-corrected chi connectivity index (χ4v) is 5.72. The van der Waals surface area contributed by atoms with E-state index >= 15 is 0 Å². The second-order valence-electron chi connectivity index (χ2n) is 8.13. The second-order valence-corrected chi connectivity index (χ2v) is 9.24. The predicted molar refractivity (Wildman–Crippen MR) is 108 cm³/mol. The minimum atomic E-state index is 0.239. The van der Waals surface area contributed by atoms with Gasteiger partial charge < -0.3 is 15.0 Å². The Hall–Kier alpha value is -0.460. The molecule has 0 aromatic heterocycles. The Bertz CT molecular complexity index is 460. The van der Waals surface area contributed by atoms with E-state index in [9.17, 15) is 0 Å². The lowest BCUT2D eigenvalue weighted by atomic mass is 9.87. The smallest absolute Gasteiger partial charge is 0.193 e. The summed E-state index contributed by atoms with van der Waals surface area (Å²) in [7, 11) is 0. The van der Waals surface area contributed by atoms with Gasteiger partial charge in [-0.15, -0.1) is 0 Å². The van der Waals surface area contributed by atoms with Crippen LogP contribution in [0.2, 0.25) is 0 Å². The Kier molecular flexibility index (Phi) is 6.55. The third kappa shape index (κ3) is 4.45. The predicted octanol–water partition coefficient (Wildman–Crippen LogP) is 2.28. The van der Waals surface area contributed by atoms with Gasteiger partial charge in [0.1, 0.15) is 0 Å². The van der Waals surface area contributed by atoms with Crippen LogP contribution in [0.3, 0.4) is 0 Å². The molecule has 0 saturated carbocycles. The zero-order valence-corrected chi connectivity index (χ0v) is 17.2. The molecule has 2 atom stereocenters. The van der Waals surface area contributed by atoms with E-state index in [2.05, 4.69) is 47.6 Å². The monoisotopic (exact) mass is 368 g/mol. The summed E-state index contributed by atoms with van der Waals surface area (Å²) in [5.41, 5.74) is 0.685. The van der Waals surface area contributed by atoms with Crippen molar-refractivity contribution >= 4 is 17.7 Å². The highest BCUT2D eigenvalue weighted by molar-refractivity contribution is 7.99. The van der Waals surface area contributed by atoms with Gasteiger partial charge in [-0.2, -0.15) is 11.8 Å². The van der Waals surface area contributed by atoms with Crippen molar-refractivity contribution in [2.24, 2.45) is 10.4 Å². The van der Waals surface area contributed by atoms with Gasteiger partial charge in [-0.05, 0) is 37.4 Å². The lowest BCUT2D eigenvalue weighted by Gasteiger charge is -2.42. The molecule has 0 amide bonds. The molecule has 3 aliphatic rings. The van der Waals surface area contributed by atoms with Gasteiger partial charge in [0, 0.05) is 38.5 Å². The lowest BCUT2D eigenvalue weighted by molar-refractivity contribution is -0.0105.